The standard InChI is InChI=1S/C13H12F2OS/c1-8-11(6-7-17-8)12(16)9-2-4-10(5-3-9)13(14)15/h2-7,12-13,16H,1H3. The summed E-state index contributed by atoms with van der Waals surface area (Å²) in [5.74, 6) is 0. The lowest BCUT2D eigenvalue weighted by atomic mass is 10.0. The molecule has 1 aromatic carbocycles. The Balaban J connectivity index is 2.26. The van der Waals surface area contributed by atoms with Gasteiger partial charge in [0.15, 0.2) is 0 Å². The molecular formula is C13H12F2OS. The SMILES string of the molecule is Cc1sccc1C(O)c1ccc(C(F)F)cc1. The summed E-state index contributed by atoms with van der Waals surface area (Å²) in [5, 5.41) is 12.0. The number of rotatable bonds is 3. The third kappa shape index (κ3) is 2.53. The number of benzene rings is 1. The lowest BCUT2D eigenvalue weighted by Gasteiger charge is -2.11. The van der Waals surface area contributed by atoms with E-state index in [1.165, 1.54) is 12.1 Å². The number of hydrogen-bond donors (Lipinski definition) is 1. The predicted octanol–water partition coefficient (Wildman–Crippen LogP) is 4.08. The van der Waals surface area contributed by atoms with Crippen LogP contribution in [0.25, 0.3) is 0 Å². The molecule has 0 fully saturated rings. The molecule has 1 N–H and O–H groups in total. The van der Waals surface area contributed by atoms with Gasteiger partial charge in [0.2, 0.25) is 0 Å². The molecule has 0 amide bonds. The lowest BCUT2D eigenvalue weighted by molar-refractivity contribution is 0.151. The van der Waals surface area contributed by atoms with Crippen molar-refractivity contribution in [3.8, 4) is 0 Å². The lowest BCUT2D eigenvalue weighted by Crippen LogP contribution is -1.99. The number of alkyl halides is 2. The van der Waals surface area contributed by atoms with Gasteiger partial charge in [0.25, 0.3) is 6.43 Å². The summed E-state index contributed by atoms with van der Waals surface area (Å²) < 4.78 is 24.8. The maximum absolute atomic E-state index is 12.4. The molecule has 1 aromatic heterocycles. The fourth-order valence-electron chi connectivity index (χ4n) is 1.68. The zero-order valence-corrected chi connectivity index (χ0v) is 10.0. The van der Waals surface area contributed by atoms with Crippen LogP contribution in [0.4, 0.5) is 8.78 Å². The van der Waals surface area contributed by atoms with Crippen LogP contribution >= 0.6 is 11.3 Å². The number of aliphatic hydroxyl groups excluding tert-OH is 1. The Morgan fingerprint density at radius 1 is 1.06 bits per heavy atom. The van der Waals surface area contributed by atoms with Crippen molar-refractivity contribution in [3.63, 3.8) is 0 Å². The minimum Gasteiger partial charge on any atom is -0.384 e. The largest absolute Gasteiger partial charge is 0.384 e. The van der Waals surface area contributed by atoms with Gasteiger partial charge in [-0.3, -0.25) is 0 Å². The minimum atomic E-state index is -2.47. The quantitative estimate of drug-likeness (QED) is 0.875. The van der Waals surface area contributed by atoms with Gasteiger partial charge in [-0.1, -0.05) is 24.3 Å². The topological polar surface area (TPSA) is 20.2 Å². The Bertz CT molecular complexity index is 490. The molecule has 2 aromatic rings. The molecule has 1 atom stereocenters. The van der Waals surface area contributed by atoms with Gasteiger partial charge in [-0.25, -0.2) is 8.78 Å². The van der Waals surface area contributed by atoms with Crippen molar-refractivity contribution in [1.29, 1.82) is 0 Å². The minimum absolute atomic E-state index is 0.0250. The van der Waals surface area contributed by atoms with Crippen molar-refractivity contribution in [3.05, 3.63) is 57.3 Å². The summed E-state index contributed by atoms with van der Waals surface area (Å²) in [4.78, 5) is 1.04. The van der Waals surface area contributed by atoms with Crippen molar-refractivity contribution in [2.24, 2.45) is 0 Å². The second kappa shape index (κ2) is 4.94. The van der Waals surface area contributed by atoms with Crippen molar-refractivity contribution in [1.82, 2.24) is 0 Å². The Labute approximate surface area is 102 Å². The van der Waals surface area contributed by atoms with E-state index in [1.807, 2.05) is 18.4 Å². The first-order valence-corrected chi connectivity index (χ1v) is 6.07. The van der Waals surface area contributed by atoms with Crippen LogP contribution in [0.15, 0.2) is 35.7 Å². The monoisotopic (exact) mass is 254 g/mol. The van der Waals surface area contributed by atoms with Gasteiger partial charge in [0, 0.05) is 10.4 Å². The van der Waals surface area contributed by atoms with Crippen LogP contribution in [0.1, 0.15) is 34.1 Å². The van der Waals surface area contributed by atoms with E-state index in [2.05, 4.69) is 0 Å². The Morgan fingerprint density at radius 3 is 2.12 bits per heavy atom. The van der Waals surface area contributed by atoms with Gasteiger partial charge in [-0.05, 0) is 29.5 Å². The fraction of sp³-hybridized carbons (Fsp3) is 0.231. The highest BCUT2D eigenvalue weighted by atomic mass is 32.1. The van der Waals surface area contributed by atoms with E-state index in [-0.39, 0.29) is 5.56 Å². The van der Waals surface area contributed by atoms with Gasteiger partial charge in [-0.2, -0.15) is 0 Å². The summed E-state index contributed by atoms with van der Waals surface area (Å²) >= 11 is 1.56. The zero-order chi connectivity index (χ0) is 12.4. The highest BCUT2D eigenvalue weighted by molar-refractivity contribution is 7.10. The highest BCUT2D eigenvalue weighted by Gasteiger charge is 2.14. The molecule has 0 aliphatic carbocycles. The predicted molar refractivity (Wildman–Crippen MR) is 64.5 cm³/mol. The van der Waals surface area contributed by atoms with Gasteiger partial charge in [0.05, 0.1) is 0 Å². The smallest absolute Gasteiger partial charge is 0.263 e. The van der Waals surface area contributed by atoms with Crippen molar-refractivity contribution in [2.75, 3.05) is 0 Å². The molecule has 2 rings (SSSR count). The molecule has 4 heteroatoms. The molecule has 0 saturated carbocycles. The molecular weight excluding hydrogens is 242 g/mol. The normalized spacial score (nSPS) is 13.0. The third-order valence-electron chi connectivity index (χ3n) is 2.70. The molecule has 0 aliphatic rings. The molecule has 1 nitrogen and oxygen atoms in total. The fourth-order valence-corrected chi connectivity index (χ4v) is 2.42. The van der Waals surface area contributed by atoms with Crippen molar-refractivity contribution < 1.29 is 13.9 Å². The van der Waals surface area contributed by atoms with E-state index < -0.39 is 12.5 Å². The number of thiophene rings is 1. The van der Waals surface area contributed by atoms with Crippen molar-refractivity contribution >= 4 is 11.3 Å². The Morgan fingerprint density at radius 2 is 1.65 bits per heavy atom. The molecule has 0 radical (unpaired) electrons. The molecule has 0 spiro atoms. The van der Waals surface area contributed by atoms with Crippen LogP contribution in [-0.2, 0) is 0 Å². The van der Waals surface area contributed by atoms with E-state index >= 15 is 0 Å². The Kier molecular flexibility index (Phi) is 3.54. The summed E-state index contributed by atoms with van der Waals surface area (Å²) in [6.45, 7) is 1.93. The van der Waals surface area contributed by atoms with E-state index in [0.29, 0.717) is 5.56 Å². The Hall–Kier alpha value is -1.26. The van der Waals surface area contributed by atoms with Crippen molar-refractivity contribution in [2.45, 2.75) is 19.5 Å². The summed E-state index contributed by atoms with van der Waals surface area (Å²) in [6.07, 6.45) is -3.21. The number of hydrogen-bond acceptors (Lipinski definition) is 2. The van der Waals surface area contributed by atoms with Gasteiger partial charge in [0.1, 0.15) is 6.10 Å². The van der Waals surface area contributed by atoms with Crippen LogP contribution in [-0.4, -0.2) is 5.11 Å². The molecule has 17 heavy (non-hydrogen) atoms. The van der Waals surface area contributed by atoms with Crippen LogP contribution in [0, 0.1) is 6.92 Å². The van der Waals surface area contributed by atoms with Gasteiger partial charge < -0.3 is 5.11 Å². The van der Waals surface area contributed by atoms with Crippen LogP contribution in [0.3, 0.4) is 0 Å². The van der Waals surface area contributed by atoms with E-state index in [0.717, 1.165) is 10.4 Å². The zero-order valence-electron chi connectivity index (χ0n) is 9.23. The van der Waals surface area contributed by atoms with Crippen LogP contribution in [0.5, 0.6) is 0 Å². The maximum Gasteiger partial charge on any atom is 0.263 e. The van der Waals surface area contributed by atoms with Gasteiger partial charge >= 0.3 is 0 Å². The highest BCUT2D eigenvalue weighted by Crippen LogP contribution is 2.29. The molecule has 0 saturated heterocycles. The van der Waals surface area contributed by atoms with Crippen LogP contribution < -0.4 is 0 Å². The molecule has 0 aliphatic heterocycles. The summed E-state index contributed by atoms with van der Waals surface area (Å²) in [6, 6.07) is 7.65. The third-order valence-corrected chi connectivity index (χ3v) is 3.56. The number of aliphatic hydroxyl groups is 1. The first kappa shape index (κ1) is 12.2. The average Bonchev–Trinajstić information content (AvgIpc) is 2.74. The first-order chi connectivity index (χ1) is 8.09. The summed E-state index contributed by atoms with van der Waals surface area (Å²) in [7, 11) is 0. The second-order valence-electron chi connectivity index (χ2n) is 3.80. The number of aryl methyl sites for hydroxylation is 1. The molecule has 1 heterocycles. The van der Waals surface area contributed by atoms with E-state index in [4.69, 9.17) is 0 Å². The summed E-state index contributed by atoms with van der Waals surface area (Å²) in [5.41, 5.74) is 1.44. The maximum atomic E-state index is 12.4. The van der Waals surface area contributed by atoms with E-state index in [1.54, 1.807) is 23.5 Å². The average molecular weight is 254 g/mol. The second-order valence-corrected chi connectivity index (χ2v) is 4.92. The van der Waals surface area contributed by atoms with Gasteiger partial charge in [-0.15, -0.1) is 11.3 Å². The van der Waals surface area contributed by atoms with Crippen LogP contribution in [0.2, 0.25) is 0 Å². The van der Waals surface area contributed by atoms with E-state index in [9.17, 15) is 13.9 Å². The molecule has 0 bridgehead atoms. The first-order valence-electron chi connectivity index (χ1n) is 5.19. The molecule has 90 valence electrons. The molecule has 1 unspecified atom stereocenters. The number of halogens is 2.